The molecule has 2 atom stereocenters. The van der Waals surface area contributed by atoms with Gasteiger partial charge in [-0.3, -0.25) is 9.59 Å². The van der Waals surface area contributed by atoms with Gasteiger partial charge in [0, 0.05) is 6.04 Å². The van der Waals surface area contributed by atoms with Crippen molar-refractivity contribution in [2.75, 3.05) is 0 Å². The molecule has 4 nitrogen and oxygen atoms in total. The van der Waals surface area contributed by atoms with Gasteiger partial charge in [0.15, 0.2) is 0 Å². The van der Waals surface area contributed by atoms with E-state index < -0.39 is 11.4 Å². The van der Waals surface area contributed by atoms with E-state index in [1.54, 1.807) is 0 Å². The van der Waals surface area contributed by atoms with E-state index in [-0.39, 0.29) is 11.9 Å². The summed E-state index contributed by atoms with van der Waals surface area (Å²) in [7, 11) is 0. The quantitative estimate of drug-likeness (QED) is 0.737. The maximum atomic E-state index is 11.9. The first-order chi connectivity index (χ1) is 8.08. The van der Waals surface area contributed by atoms with Crippen LogP contribution in [0, 0.1) is 11.3 Å². The first-order valence-corrected chi connectivity index (χ1v) is 6.63. The van der Waals surface area contributed by atoms with E-state index in [2.05, 4.69) is 12.2 Å². The van der Waals surface area contributed by atoms with Crippen molar-refractivity contribution in [3.63, 3.8) is 0 Å². The summed E-state index contributed by atoms with van der Waals surface area (Å²) in [5.41, 5.74) is -1.08. The highest BCUT2D eigenvalue weighted by Crippen LogP contribution is 2.46. The van der Waals surface area contributed by atoms with Gasteiger partial charge in [0.05, 0.1) is 0 Å². The second kappa shape index (κ2) is 4.67. The number of hydrogen-bond donors (Lipinski definition) is 2. The minimum Gasteiger partial charge on any atom is -0.480 e. The van der Waals surface area contributed by atoms with Gasteiger partial charge in [0.1, 0.15) is 5.41 Å². The van der Waals surface area contributed by atoms with Crippen LogP contribution in [0.5, 0.6) is 0 Å². The molecule has 0 aromatic rings. The molecule has 2 aliphatic carbocycles. The largest absolute Gasteiger partial charge is 0.480 e. The number of aliphatic carboxylic acids is 1. The van der Waals surface area contributed by atoms with Crippen molar-refractivity contribution in [1.29, 1.82) is 0 Å². The van der Waals surface area contributed by atoms with Crippen molar-refractivity contribution in [2.24, 2.45) is 11.3 Å². The molecule has 0 aliphatic heterocycles. The first kappa shape index (κ1) is 12.4. The van der Waals surface area contributed by atoms with E-state index >= 15 is 0 Å². The second-order valence-electron chi connectivity index (χ2n) is 5.50. The summed E-state index contributed by atoms with van der Waals surface area (Å²) in [5, 5.41) is 12.0. The molecule has 0 heterocycles. The Bertz CT molecular complexity index is 323. The lowest BCUT2D eigenvalue weighted by molar-refractivity contribution is -0.149. The van der Waals surface area contributed by atoms with Gasteiger partial charge in [0.2, 0.25) is 5.91 Å². The fourth-order valence-electron chi connectivity index (χ4n) is 2.78. The summed E-state index contributed by atoms with van der Waals surface area (Å²) < 4.78 is 0. The van der Waals surface area contributed by atoms with Crippen LogP contribution in [0.1, 0.15) is 51.9 Å². The average molecular weight is 239 g/mol. The molecular weight excluding hydrogens is 218 g/mol. The molecule has 2 aliphatic rings. The summed E-state index contributed by atoms with van der Waals surface area (Å²) in [6.07, 6.45) is 6.54. The maximum Gasteiger partial charge on any atom is 0.319 e. The number of carboxylic acid groups (broad SMARTS) is 1. The molecule has 2 rings (SSSR count). The molecule has 1 amide bonds. The zero-order chi connectivity index (χ0) is 12.5. The third-order valence-electron chi connectivity index (χ3n) is 4.29. The second-order valence-corrected chi connectivity index (χ2v) is 5.50. The van der Waals surface area contributed by atoms with Crippen molar-refractivity contribution in [1.82, 2.24) is 5.32 Å². The summed E-state index contributed by atoms with van der Waals surface area (Å²) >= 11 is 0. The van der Waals surface area contributed by atoms with E-state index in [0.29, 0.717) is 18.8 Å². The summed E-state index contributed by atoms with van der Waals surface area (Å²) in [6, 6.07) is 0.193. The van der Waals surface area contributed by atoms with Crippen LogP contribution in [-0.2, 0) is 9.59 Å². The number of carbonyl (C=O) groups excluding carboxylic acids is 1. The van der Waals surface area contributed by atoms with Crippen LogP contribution in [-0.4, -0.2) is 23.0 Å². The maximum absolute atomic E-state index is 11.9. The number of carbonyl (C=O) groups is 2. The third kappa shape index (κ3) is 2.45. The predicted molar refractivity (Wildman–Crippen MR) is 63.5 cm³/mol. The van der Waals surface area contributed by atoms with Gasteiger partial charge in [-0.1, -0.05) is 26.2 Å². The number of amides is 1. The van der Waals surface area contributed by atoms with Gasteiger partial charge in [-0.25, -0.2) is 0 Å². The minimum atomic E-state index is -1.08. The Kier molecular flexibility index (Phi) is 3.40. The Morgan fingerprint density at radius 1 is 1.35 bits per heavy atom. The highest BCUT2D eigenvalue weighted by atomic mass is 16.4. The van der Waals surface area contributed by atoms with Crippen molar-refractivity contribution < 1.29 is 14.7 Å². The Hall–Kier alpha value is -1.06. The van der Waals surface area contributed by atoms with Crippen LogP contribution in [0.4, 0.5) is 0 Å². The summed E-state index contributed by atoms with van der Waals surface area (Å²) in [5.74, 6) is -0.529. The van der Waals surface area contributed by atoms with Crippen LogP contribution in [0.15, 0.2) is 0 Å². The molecule has 2 unspecified atom stereocenters. The Balaban J connectivity index is 1.89. The van der Waals surface area contributed by atoms with Crippen LogP contribution in [0.25, 0.3) is 0 Å². The van der Waals surface area contributed by atoms with Gasteiger partial charge < -0.3 is 10.4 Å². The van der Waals surface area contributed by atoms with E-state index in [4.69, 9.17) is 5.11 Å². The SMILES string of the molecule is CCC1CCCC(NC(=O)C2(C(=O)O)CC2)C1. The first-order valence-electron chi connectivity index (χ1n) is 6.63. The number of hydrogen-bond acceptors (Lipinski definition) is 2. The molecule has 4 heteroatoms. The van der Waals surface area contributed by atoms with E-state index in [1.807, 2.05) is 0 Å². The van der Waals surface area contributed by atoms with Gasteiger partial charge in [-0.05, 0) is 31.6 Å². The van der Waals surface area contributed by atoms with Crippen molar-refractivity contribution >= 4 is 11.9 Å². The Labute approximate surface area is 102 Å². The normalized spacial score (nSPS) is 30.6. The van der Waals surface area contributed by atoms with Gasteiger partial charge in [-0.2, -0.15) is 0 Å². The molecule has 2 fully saturated rings. The molecule has 0 bridgehead atoms. The van der Waals surface area contributed by atoms with Crippen molar-refractivity contribution in [3.8, 4) is 0 Å². The lowest BCUT2D eigenvalue weighted by Gasteiger charge is -2.29. The minimum absolute atomic E-state index is 0.193. The van der Waals surface area contributed by atoms with Crippen molar-refractivity contribution in [3.05, 3.63) is 0 Å². The Morgan fingerprint density at radius 2 is 2.06 bits per heavy atom. The lowest BCUT2D eigenvalue weighted by Crippen LogP contribution is -2.44. The predicted octanol–water partition coefficient (Wildman–Crippen LogP) is 1.94. The molecule has 2 N–H and O–H groups in total. The molecule has 0 radical (unpaired) electrons. The number of nitrogens with one attached hydrogen (secondary N) is 1. The van der Waals surface area contributed by atoms with Crippen LogP contribution in [0.3, 0.4) is 0 Å². The molecule has 0 spiro atoms. The van der Waals surface area contributed by atoms with Crippen LogP contribution < -0.4 is 5.32 Å². The smallest absolute Gasteiger partial charge is 0.319 e. The molecule has 96 valence electrons. The van der Waals surface area contributed by atoms with E-state index in [0.717, 1.165) is 25.7 Å². The summed E-state index contributed by atoms with van der Waals surface area (Å²) in [4.78, 5) is 23.0. The van der Waals surface area contributed by atoms with E-state index in [9.17, 15) is 9.59 Å². The highest BCUT2D eigenvalue weighted by molar-refractivity contribution is 6.04. The molecule has 2 saturated carbocycles. The molecule has 0 aromatic heterocycles. The summed E-state index contributed by atoms with van der Waals surface area (Å²) in [6.45, 7) is 2.18. The van der Waals surface area contributed by atoms with Gasteiger partial charge in [0.25, 0.3) is 0 Å². The van der Waals surface area contributed by atoms with Crippen LogP contribution in [0.2, 0.25) is 0 Å². The topological polar surface area (TPSA) is 66.4 Å². The fraction of sp³-hybridized carbons (Fsp3) is 0.846. The van der Waals surface area contributed by atoms with Gasteiger partial charge >= 0.3 is 5.97 Å². The van der Waals surface area contributed by atoms with Gasteiger partial charge in [-0.15, -0.1) is 0 Å². The molecule has 0 aromatic carbocycles. The Morgan fingerprint density at radius 3 is 2.59 bits per heavy atom. The molecule has 0 saturated heterocycles. The molecular formula is C13H21NO3. The number of rotatable bonds is 4. The zero-order valence-corrected chi connectivity index (χ0v) is 10.4. The fourth-order valence-corrected chi connectivity index (χ4v) is 2.78. The third-order valence-corrected chi connectivity index (χ3v) is 4.29. The average Bonchev–Trinajstić information content (AvgIpc) is 3.10. The highest BCUT2D eigenvalue weighted by Gasteiger charge is 2.57. The standard InChI is InChI=1S/C13H21NO3/c1-2-9-4-3-5-10(8-9)14-11(15)13(6-7-13)12(16)17/h9-10H,2-8H2,1H3,(H,14,15)(H,16,17). The number of carboxylic acids is 1. The molecule has 17 heavy (non-hydrogen) atoms. The monoisotopic (exact) mass is 239 g/mol. The van der Waals surface area contributed by atoms with Crippen molar-refractivity contribution in [2.45, 2.75) is 57.9 Å². The van der Waals surface area contributed by atoms with Crippen LogP contribution >= 0.6 is 0 Å². The van der Waals surface area contributed by atoms with E-state index in [1.165, 1.54) is 6.42 Å². The lowest BCUT2D eigenvalue weighted by atomic mass is 9.84. The zero-order valence-electron chi connectivity index (χ0n) is 10.4.